The first-order chi connectivity index (χ1) is 15.3. The zero-order valence-corrected chi connectivity index (χ0v) is 17.6. The van der Waals surface area contributed by atoms with E-state index in [1.807, 2.05) is 18.5 Å². The quantitative estimate of drug-likeness (QED) is 0.680. The number of benzene rings is 1. The minimum Gasteiger partial charge on any atom is -0.368 e. The molecule has 2 fully saturated rings. The number of fused-ring (bicyclic) bond motifs is 3. The van der Waals surface area contributed by atoms with Crippen LogP contribution in [-0.2, 0) is 6.54 Å². The van der Waals surface area contributed by atoms with Crippen LogP contribution in [0.1, 0.15) is 36.8 Å². The van der Waals surface area contributed by atoms with Crippen LogP contribution in [0.25, 0.3) is 10.9 Å². The molecule has 158 valence electrons. The summed E-state index contributed by atoms with van der Waals surface area (Å²) in [6, 6.07) is 8.43. The zero-order chi connectivity index (χ0) is 20.6. The van der Waals surface area contributed by atoms with E-state index in [2.05, 4.69) is 43.7 Å². The molecule has 3 aliphatic rings. The van der Waals surface area contributed by atoms with Gasteiger partial charge in [-0.15, -0.1) is 0 Å². The second-order valence-electron chi connectivity index (χ2n) is 8.68. The minimum atomic E-state index is 0.581. The van der Waals surface area contributed by atoms with Gasteiger partial charge in [0.25, 0.3) is 0 Å². The Morgan fingerprint density at radius 3 is 2.65 bits per heavy atom. The number of hydrogen-bond donors (Lipinski definition) is 2. The first-order valence-electron chi connectivity index (χ1n) is 11.4. The van der Waals surface area contributed by atoms with Gasteiger partial charge in [0, 0.05) is 55.0 Å². The molecule has 1 saturated carbocycles. The van der Waals surface area contributed by atoms with E-state index in [0.717, 1.165) is 55.1 Å². The van der Waals surface area contributed by atoms with E-state index in [-0.39, 0.29) is 0 Å². The second kappa shape index (κ2) is 7.89. The minimum absolute atomic E-state index is 0.581. The number of nitrogens with zero attached hydrogens (tertiary/aromatic N) is 5. The second-order valence-corrected chi connectivity index (χ2v) is 8.68. The summed E-state index contributed by atoms with van der Waals surface area (Å²) in [4.78, 5) is 21.3. The molecule has 0 unspecified atom stereocenters. The summed E-state index contributed by atoms with van der Waals surface area (Å²) in [5.74, 6) is 1.92. The number of piperazine rings is 1. The van der Waals surface area contributed by atoms with Gasteiger partial charge in [-0.3, -0.25) is 4.99 Å². The lowest BCUT2D eigenvalue weighted by Crippen LogP contribution is -2.43. The zero-order valence-electron chi connectivity index (χ0n) is 17.6. The van der Waals surface area contributed by atoms with Crippen molar-refractivity contribution in [2.75, 3.05) is 36.4 Å². The average Bonchev–Trinajstić information content (AvgIpc) is 3.50. The highest BCUT2D eigenvalue weighted by molar-refractivity contribution is 6.13. The van der Waals surface area contributed by atoms with Gasteiger partial charge in [-0.05, 0) is 30.5 Å². The van der Waals surface area contributed by atoms with E-state index in [1.165, 1.54) is 42.5 Å². The molecule has 0 bridgehead atoms. The van der Waals surface area contributed by atoms with Gasteiger partial charge in [0.05, 0.1) is 23.9 Å². The number of aromatic nitrogens is 3. The maximum Gasteiger partial charge on any atom is 0.228 e. The van der Waals surface area contributed by atoms with Crippen molar-refractivity contribution in [3.63, 3.8) is 0 Å². The van der Waals surface area contributed by atoms with Crippen LogP contribution in [0, 0.1) is 5.92 Å². The number of hydrogen-bond acceptors (Lipinski definition) is 7. The van der Waals surface area contributed by atoms with Gasteiger partial charge in [-0.2, -0.15) is 0 Å². The average molecular weight is 414 g/mol. The van der Waals surface area contributed by atoms with E-state index < -0.39 is 0 Å². The smallest absolute Gasteiger partial charge is 0.228 e. The lowest BCUT2D eigenvalue weighted by molar-refractivity contribution is 0.589. The number of aliphatic imine (C=N–C) groups is 1. The number of anilines is 3. The third-order valence-corrected chi connectivity index (χ3v) is 6.73. The van der Waals surface area contributed by atoms with E-state index in [1.54, 1.807) is 0 Å². The van der Waals surface area contributed by atoms with E-state index >= 15 is 0 Å². The van der Waals surface area contributed by atoms with Crippen molar-refractivity contribution in [2.24, 2.45) is 10.9 Å². The SMILES string of the molecule is c1cc(Nc2ncc3ccc4c(c3n2)C(C2CCCC2)=NC4)ncc1N1CCNCC1. The summed E-state index contributed by atoms with van der Waals surface area (Å²) >= 11 is 0. The van der Waals surface area contributed by atoms with Crippen LogP contribution >= 0.6 is 0 Å². The molecule has 1 saturated heterocycles. The molecule has 7 heteroatoms. The molecule has 31 heavy (non-hydrogen) atoms. The molecule has 0 radical (unpaired) electrons. The van der Waals surface area contributed by atoms with Gasteiger partial charge in [0.2, 0.25) is 5.95 Å². The highest BCUT2D eigenvalue weighted by atomic mass is 15.2. The normalized spacial score (nSPS) is 19.0. The third kappa shape index (κ3) is 3.53. The molecular weight excluding hydrogens is 386 g/mol. The fraction of sp³-hybridized carbons (Fsp3) is 0.417. The van der Waals surface area contributed by atoms with Gasteiger partial charge < -0.3 is 15.5 Å². The van der Waals surface area contributed by atoms with Crippen molar-refractivity contribution in [1.82, 2.24) is 20.3 Å². The van der Waals surface area contributed by atoms with E-state index in [0.29, 0.717) is 11.9 Å². The van der Waals surface area contributed by atoms with Gasteiger partial charge in [-0.25, -0.2) is 15.0 Å². The molecule has 0 spiro atoms. The van der Waals surface area contributed by atoms with Crippen molar-refractivity contribution in [3.8, 4) is 0 Å². The number of rotatable bonds is 4. The Hall–Kier alpha value is -3.06. The molecule has 2 aromatic heterocycles. The van der Waals surface area contributed by atoms with Gasteiger partial charge in [0.1, 0.15) is 5.82 Å². The summed E-state index contributed by atoms with van der Waals surface area (Å²) in [5, 5.41) is 7.75. The molecule has 2 aliphatic heterocycles. The Morgan fingerprint density at radius 1 is 0.968 bits per heavy atom. The largest absolute Gasteiger partial charge is 0.368 e. The van der Waals surface area contributed by atoms with Crippen molar-refractivity contribution in [2.45, 2.75) is 32.2 Å². The number of nitrogens with one attached hydrogen (secondary N) is 2. The Bertz CT molecular complexity index is 1130. The van der Waals surface area contributed by atoms with Crippen LogP contribution < -0.4 is 15.5 Å². The predicted octanol–water partition coefficient (Wildman–Crippen LogP) is 3.67. The maximum absolute atomic E-state index is 4.92. The molecule has 4 heterocycles. The number of pyridine rings is 1. The molecule has 0 atom stereocenters. The molecule has 1 aliphatic carbocycles. The van der Waals surface area contributed by atoms with Crippen LogP contribution in [0.2, 0.25) is 0 Å². The molecular formula is C24H27N7. The lowest BCUT2D eigenvalue weighted by atomic mass is 9.92. The maximum atomic E-state index is 4.92. The van der Waals surface area contributed by atoms with Crippen molar-refractivity contribution in [1.29, 1.82) is 0 Å². The summed E-state index contributed by atoms with van der Waals surface area (Å²) in [7, 11) is 0. The monoisotopic (exact) mass is 413 g/mol. The molecule has 0 amide bonds. The first kappa shape index (κ1) is 18.7. The molecule has 6 rings (SSSR count). The summed E-state index contributed by atoms with van der Waals surface area (Å²) in [6.07, 6.45) is 8.94. The fourth-order valence-electron chi connectivity index (χ4n) is 5.08. The van der Waals surface area contributed by atoms with Crippen LogP contribution in [0.3, 0.4) is 0 Å². The van der Waals surface area contributed by atoms with Crippen LogP contribution in [0.4, 0.5) is 17.5 Å². The Kier molecular flexibility index (Phi) is 4.76. The predicted molar refractivity (Wildman–Crippen MR) is 124 cm³/mol. The van der Waals surface area contributed by atoms with Gasteiger partial charge >= 0.3 is 0 Å². The van der Waals surface area contributed by atoms with Crippen LogP contribution in [0.15, 0.2) is 41.7 Å². The third-order valence-electron chi connectivity index (χ3n) is 6.73. The topological polar surface area (TPSA) is 78.3 Å². The molecule has 2 N–H and O–H groups in total. The van der Waals surface area contributed by atoms with Crippen molar-refractivity contribution in [3.05, 3.63) is 47.8 Å². The van der Waals surface area contributed by atoms with E-state index in [9.17, 15) is 0 Å². The Morgan fingerprint density at radius 2 is 1.84 bits per heavy atom. The summed E-state index contributed by atoms with van der Waals surface area (Å²) in [6.45, 7) is 4.83. The summed E-state index contributed by atoms with van der Waals surface area (Å²) < 4.78 is 0. The Labute approximate surface area is 182 Å². The van der Waals surface area contributed by atoms with Crippen LogP contribution in [-0.4, -0.2) is 46.8 Å². The molecule has 3 aromatic rings. The standard InChI is InChI=1S/C24H27N7/c1-2-4-16(3-1)22-21-17(13-27-22)5-6-18-14-28-24(30-23(18)21)29-20-8-7-19(15-26-20)31-11-9-25-10-12-31/h5-8,14-16,25H,1-4,9-13H2,(H,26,28,29,30). The molecule has 7 nitrogen and oxygen atoms in total. The fourth-order valence-corrected chi connectivity index (χ4v) is 5.08. The van der Waals surface area contributed by atoms with Crippen molar-refractivity contribution >= 4 is 34.1 Å². The van der Waals surface area contributed by atoms with Crippen molar-refractivity contribution < 1.29 is 0 Å². The van der Waals surface area contributed by atoms with E-state index in [4.69, 9.17) is 9.98 Å². The van der Waals surface area contributed by atoms with Gasteiger partial charge in [-0.1, -0.05) is 25.0 Å². The molecule has 1 aromatic carbocycles. The summed E-state index contributed by atoms with van der Waals surface area (Å²) in [5.41, 5.74) is 5.97. The Balaban J connectivity index is 1.28. The highest BCUT2D eigenvalue weighted by Gasteiger charge is 2.28. The lowest BCUT2D eigenvalue weighted by Gasteiger charge is -2.29. The van der Waals surface area contributed by atoms with Crippen LogP contribution in [0.5, 0.6) is 0 Å². The highest BCUT2D eigenvalue weighted by Crippen LogP contribution is 2.36. The van der Waals surface area contributed by atoms with Gasteiger partial charge in [0.15, 0.2) is 0 Å². The first-order valence-corrected chi connectivity index (χ1v) is 11.4.